The Balaban J connectivity index is 2.17. The maximum atomic E-state index is 12.9. The number of amides is 1. The first kappa shape index (κ1) is 17.0. The molecule has 8 heteroatoms. The number of rotatable bonds is 6. The van der Waals surface area contributed by atoms with E-state index in [1.165, 1.54) is 18.2 Å². The van der Waals surface area contributed by atoms with Crippen molar-refractivity contribution in [2.75, 3.05) is 20.1 Å². The maximum Gasteiger partial charge on any atom is 0.433 e. The van der Waals surface area contributed by atoms with Gasteiger partial charge >= 0.3 is 6.18 Å². The van der Waals surface area contributed by atoms with Crippen LogP contribution in [-0.2, 0) is 6.18 Å². The summed E-state index contributed by atoms with van der Waals surface area (Å²) in [6.07, 6.45) is -2.67. The van der Waals surface area contributed by atoms with E-state index in [0.717, 1.165) is 29.9 Å². The molecule has 0 saturated heterocycles. The van der Waals surface area contributed by atoms with Crippen molar-refractivity contribution >= 4 is 5.91 Å². The Morgan fingerprint density at radius 2 is 2.04 bits per heavy atom. The quantitative estimate of drug-likeness (QED) is 0.801. The summed E-state index contributed by atoms with van der Waals surface area (Å²) in [7, 11) is 1.81. The topological polar surface area (TPSA) is 58.9 Å². The van der Waals surface area contributed by atoms with Gasteiger partial charge in [0.2, 0.25) is 0 Å². The largest absolute Gasteiger partial charge is 0.433 e. The first-order valence-corrected chi connectivity index (χ1v) is 7.08. The van der Waals surface area contributed by atoms with E-state index in [1.807, 2.05) is 7.05 Å². The smallest absolute Gasteiger partial charge is 0.352 e. The zero-order valence-electron chi connectivity index (χ0n) is 12.5. The number of benzene rings is 1. The molecule has 1 amide bonds. The molecule has 23 heavy (non-hydrogen) atoms. The molecule has 2 N–H and O–H groups in total. The molecule has 0 aliphatic rings. The van der Waals surface area contributed by atoms with Gasteiger partial charge in [0.25, 0.3) is 5.91 Å². The number of halogens is 3. The van der Waals surface area contributed by atoms with Gasteiger partial charge in [-0.05, 0) is 44.3 Å². The van der Waals surface area contributed by atoms with Crippen LogP contribution in [0, 0.1) is 0 Å². The van der Waals surface area contributed by atoms with Gasteiger partial charge in [0.15, 0.2) is 0 Å². The molecule has 0 bridgehead atoms. The van der Waals surface area contributed by atoms with Crippen molar-refractivity contribution in [3.63, 3.8) is 0 Å². The molecular weight excluding hydrogens is 309 g/mol. The van der Waals surface area contributed by atoms with Crippen LogP contribution in [0.1, 0.15) is 22.5 Å². The van der Waals surface area contributed by atoms with Gasteiger partial charge in [-0.1, -0.05) is 6.07 Å². The minimum absolute atomic E-state index is 0.185. The molecule has 0 aliphatic heterocycles. The van der Waals surface area contributed by atoms with Crippen LogP contribution >= 0.6 is 0 Å². The normalized spacial score (nSPS) is 11.5. The SMILES string of the molecule is CNCCCNC(=O)c1cccc(-n2nccc2C(F)(F)F)c1. The molecular formula is C15H17F3N4O. The van der Waals surface area contributed by atoms with Crippen LogP contribution in [0.3, 0.4) is 0 Å². The number of hydrogen-bond donors (Lipinski definition) is 2. The minimum atomic E-state index is -4.51. The molecule has 0 saturated carbocycles. The summed E-state index contributed by atoms with van der Waals surface area (Å²) in [4.78, 5) is 12.0. The molecule has 2 aromatic rings. The van der Waals surface area contributed by atoms with Gasteiger partial charge in [0.05, 0.1) is 11.9 Å². The van der Waals surface area contributed by atoms with E-state index in [1.54, 1.807) is 6.07 Å². The fourth-order valence-electron chi connectivity index (χ4n) is 2.07. The Morgan fingerprint density at radius 1 is 1.26 bits per heavy atom. The molecule has 124 valence electrons. The maximum absolute atomic E-state index is 12.9. The summed E-state index contributed by atoms with van der Waals surface area (Å²) >= 11 is 0. The summed E-state index contributed by atoms with van der Waals surface area (Å²) in [6.45, 7) is 1.25. The van der Waals surface area contributed by atoms with Crippen molar-refractivity contribution in [3.8, 4) is 5.69 Å². The fraction of sp³-hybridized carbons (Fsp3) is 0.333. The highest BCUT2D eigenvalue weighted by atomic mass is 19.4. The van der Waals surface area contributed by atoms with Gasteiger partial charge in [0.1, 0.15) is 5.69 Å². The summed E-state index contributed by atoms with van der Waals surface area (Å²) in [5.74, 6) is -0.330. The van der Waals surface area contributed by atoms with E-state index < -0.39 is 11.9 Å². The van der Waals surface area contributed by atoms with Gasteiger partial charge in [-0.2, -0.15) is 18.3 Å². The van der Waals surface area contributed by atoms with Crippen LogP contribution < -0.4 is 10.6 Å². The van der Waals surface area contributed by atoms with Crippen molar-refractivity contribution in [3.05, 3.63) is 47.8 Å². The lowest BCUT2D eigenvalue weighted by atomic mass is 10.2. The van der Waals surface area contributed by atoms with Crippen LogP contribution in [0.5, 0.6) is 0 Å². The molecule has 5 nitrogen and oxygen atoms in total. The molecule has 0 spiro atoms. The highest BCUT2D eigenvalue weighted by molar-refractivity contribution is 5.94. The van der Waals surface area contributed by atoms with E-state index in [0.29, 0.717) is 6.54 Å². The third-order valence-corrected chi connectivity index (χ3v) is 3.18. The zero-order valence-corrected chi connectivity index (χ0v) is 12.5. The monoisotopic (exact) mass is 326 g/mol. The van der Waals surface area contributed by atoms with Gasteiger partial charge in [0, 0.05) is 12.1 Å². The number of nitrogens with one attached hydrogen (secondary N) is 2. The molecule has 0 aliphatic carbocycles. The summed E-state index contributed by atoms with van der Waals surface area (Å²) < 4.78 is 39.5. The van der Waals surface area contributed by atoms with Gasteiger partial charge in [-0.25, -0.2) is 4.68 Å². The molecule has 0 fully saturated rings. The Morgan fingerprint density at radius 3 is 2.74 bits per heavy atom. The molecule has 1 aromatic heterocycles. The Bertz CT molecular complexity index is 667. The Labute approximate surface area is 131 Å². The van der Waals surface area contributed by atoms with Crippen LogP contribution in [0.25, 0.3) is 5.69 Å². The van der Waals surface area contributed by atoms with Crippen molar-refractivity contribution in [2.45, 2.75) is 12.6 Å². The fourth-order valence-corrected chi connectivity index (χ4v) is 2.07. The minimum Gasteiger partial charge on any atom is -0.352 e. The number of carbonyl (C=O) groups is 1. The summed E-state index contributed by atoms with van der Waals surface area (Å²) in [5, 5.41) is 9.38. The zero-order chi connectivity index (χ0) is 16.9. The highest BCUT2D eigenvalue weighted by Crippen LogP contribution is 2.30. The van der Waals surface area contributed by atoms with Gasteiger partial charge < -0.3 is 10.6 Å². The van der Waals surface area contributed by atoms with Gasteiger partial charge in [-0.3, -0.25) is 4.79 Å². The third kappa shape index (κ3) is 4.32. The van der Waals surface area contributed by atoms with Crippen LogP contribution in [0.2, 0.25) is 0 Å². The third-order valence-electron chi connectivity index (χ3n) is 3.18. The van der Waals surface area contributed by atoms with Crippen molar-refractivity contribution in [1.82, 2.24) is 20.4 Å². The second-order valence-electron chi connectivity index (χ2n) is 4.89. The van der Waals surface area contributed by atoms with Crippen molar-refractivity contribution in [2.24, 2.45) is 0 Å². The standard InChI is InChI=1S/C15H17F3N4O/c1-19-7-3-8-20-14(23)11-4-2-5-12(10-11)22-13(6-9-21-22)15(16,17)18/h2,4-6,9-10,19H,3,7-8H2,1H3,(H,20,23). The lowest BCUT2D eigenvalue weighted by molar-refractivity contribution is -0.142. The second-order valence-corrected chi connectivity index (χ2v) is 4.89. The second kappa shape index (κ2) is 7.28. The van der Waals surface area contributed by atoms with E-state index >= 15 is 0 Å². The van der Waals surface area contributed by atoms with Crippen molar-refractivity contribution in [1.29, 1.82) is 0 Å². The molecule has 1 aromatic carbocycles. The van der Waals surface area contributed by atoms with Gasteiger partial charge in [-0.15, -0.1) is 0 Å². The first-order chi connectivity index (χ1) is 10.9. The Kier molecular flexibility index (Phi) is 5.38. The number of hydrogen-bond acceptors (Lipinski definition) is 3. The highest BCUT2D eigenvalue weighted by Gasteiger charge is 2.35. The molecule has 0 radical (unpaired) electrons. The predicted octanol–water partition coefficient (Wildman–Crippen LogP) is 2.23. The number of carbonyl (C=O) groups excluding carboxylic acids is 1. The Hall–Kier alpha value is -2.35. The van der Waals surface area contributed by atoms with E-state index in [9.17, 15) is 18.0 Å². The molecule has 1 heterocycles. The van der Waals surface area contributed by atoms with E-state index in [2.05, 4.69) is 15.7 Å². The number of aromatic nitrogens is 2. The summed E-state index contributed by atoms with van der Waals surface area (Å²) in [6, 6.07) is 6.83. The molecule has 2 rings (SSSR count). The van der Waals surface area contributed by atoms with Crippen LogP contribution in [0.15, 0.2) is 36.5 Å². The van der Waals surface area contributed by atoms with E-state index in [4.69, 9.17) is 0 Å². The molecule has 0 atom stereocenters. The number of nitrogens with zero attached hydrogens (tertiary/aromatic N) is 2. The van der Waals surface area contributed by atoms with Crippen LogP contribution in [0.4, 0.5) is 13.2 Å². The summed E-state index contributed by atoms with van der Waals surface area (Å²) in [5.41, 5.74) is -0.412. The lowest BCUT2D eigenvalue weighted by Gasteiger charge is -2.11. The molecule has 0 unspecified atom stereocenters. The first-order valence-electron chi connectivity index (χ1n) is 7.08. The predicted molar refractivity (Wildman–Crippen MR) is 79.4 cm³/mol. The average Bonchev–Trinajstić information content (AvgIpc) is 3.01. The average molecular weight is 326 g/mol. The van der Waals surface area contributed by atoms with Crippen molar-refractivity contribution < 1.29 is 18.0 Å². The van der Waals surface area contributed by atoms with E-state index in [-0.39, 0.29) is 17.2 Å². The number of alkyl halides is 3. The lowest BCUT2D eigenvalue weighted by Crippen LogP contribution is -2.26. The van der Waals surface area contributed by atoms with Crippen LogP contribution in [-0.4, -0.2) is 35.8 Å².